The van der Waals surface area contributed by atoms with Gasteiger partial charge in [-0.1, -0.05) is 23.7 Å². The maximum atomic E-state index is 12.1. The number of nitrogens with one attached hydrogen (secondary N) is 1. The molecule has 2 nitrogen and oxygen atoms in total. The highest BCUT2D eigenvalue weighted by molar-refractivity contribution is 7.80. The first-order valence-electron chi connectivity index (χ1n) is 4.21. The van der Waals surface area contributed by atoms with Gasteiger partial charge in [0.15, 0.2) is 5.75 Å². The average Bonchev–Trinajstić information content (AvgIpc) is 2.06. The summed E-state index contributed by atoms with van der Waals surface area (Å²) in [5, 5.41) is 2.57. The zero-order valence-corrected chi connectivity index (χ0v) is 9.08. The predicted molar refractivity (Wildman–Crippen MR) is 60.4 cm³/mol. The molecule has 0 aliphatic heterocycles. The van der Waals surface area contributed by atoms with Gasteiger partial charge in [-0.3, -0.25) is 0 Å². The average molecular weight is 245 g/mol. The van der Waals surface area contributed by atoms with Crippen LogP contribution in [0.4, 0.5) is 18.9 Å². The third-order valence-electron chi connectivity index (χ3n) is 1.54. The lowest BCUT2D eigenvalue weighted by molar-refractivity contribution is -0.274. The SMILES string of the molecule is [B]c1ccc(NC(C)=S)c(OC(F)(F)F)c1. The Balaban J connectivity index is 3.03. The number of benzene rings is 1. The molecule has 84 valence electrons. The van der Waals surface area contributed by atoms with Crippen molar-refractivity contribution in [2.75, 3.05) is 5.32 Å². The second-order valence-corrected chi connectivity index (χ2v) is 3.60. The van der Waals surface area contributed by atoms with Crippen molar-refractivity contribution in [1.82, 2.24) is 0 Å². The minimum Gasteiger partial charge on any atom is -0.404 e. The molecule has 0 saturated heterocycles. The van der Waals surface area contributed by atoms with Gasteiger partial charge in [-0.2, -0.15) is 0 Å². The van der Waals surface area contributed by atoms with E-state index in [9.17, 15) is 13.2 Å². The normalized spacial score (nSPS) is 11.0. The van der Waals surface area contributed by atoms with Crippen LogP contribution in [0.5, 0.6) is 5.75 Å². The fourth-order valence-corrected chi connectivity index (χ4v) is 1.15. The molecule has 0 bridgehead atoms. The maximum absolute atomic E-state index is 12.1. The molecule has 7 heteroatoms. The Kier molecular flexibility index (Phi) is 3.80. The van der Waals surface area contributed by atoms with Gasteiger partial charge in [0.25, 0.3) is 0 Å². The van der Waals surface area contributed by atoms with E-state index in [1.165, 1.54) is 12.1 Å². The molecular formula is C9H7BF3NOS. The number of thiocarbonyl (C=S) groups is 1. The molecule has 0 amide bonds. The molecule has 2 radical (unpaired) electrons. The second kappa shape index (κ2) is 4.73. The summed E-state index contributed by atoms with van der Waals surface area (Å²) in [6.45, 7) is 1.54. The Bertz CT molecular complexity index is 408. The third kappa shape index (κ3) is 4.10. The number of anilines is 1. The number of halogens is 3. The summed E-state index contributed by atoms with van der Waals surface area (Å²) in [6, 6.07) is 3.89. The van der Waals surface area contributed by atoms with Crippen LogP contribution in [0.15, 0.2) is 18.2 Å². The molecule has 0 unspecified atom stereocenters. The molecule has 0 fully saturated rings. The summed E-state index contributed by atoms with van der Waals surface area (Å²) in [4.78, 5) is 0.330. The highest BCUT2D eigenvalue weighted by Crippen LogP contribution is 2.29. The van der Waals surface area contributed by atoms with Gasteiger partial charge >= 0.3 is 6.36 Å². The third-order valence-corrected chi connectivity index (χ3v) is 1.64. The van der Waals surface area contributed by atoms with Crippen LogP contribution < -0.4 is 15.5 Å². The number of hydrogen-bond donors (Lipinski definition) is 1. The molecule has 0 saturated carbocycles. The Morgan fingerprint density at radius 1 is 1.44 bits per heavy atom. The van der Waals surface area contributed by atoms with Crippen LogP contribution in [0, 0.1) is 0 Å². The summed E-state index contributed by atoms with van der Waals surface area (Å²) in [5.74, 6) is -0.406. The summed E-state index contributed by atoms with van der Waals surface area (Å²) < 4.78 is 40.0. The van der Waals surface area contributed by atoms with Gasteiger partial charge in [0, 0.05) is 0 Å². The molecule has 0 atom stereocenters. The molecule has 1 aromatic rings. The summed E-state index contributed by atoms with van der Waals surface area (Å²) in [7, 11) is 5.37. The molecule has 0 spiro atoms. The Hall–Kier alpha value is -1.24. The number of ether oxygens (including phenoxy) is 1. The van der Waals surface area contributed by atoms with Crippen molar-refractivity contribution < 1.29 is 17.9 Å². The van der Waals surface area contributed by atoms with Crippen LogP contribution in [0.3, 0.4) is 0 Å². The van der Waals surface area contributed by atoms with E-state index in [4.69, 9.17) is 20.1 Å². The summed E-state index contributed by atoms with van der Waals surface area (Å²) in [6.07, 6.45) is -4.76. The first kappa shape index (κ1) is 12.8. The molecule has 0 aliphatic rings. The minimum atomic E-state index is -4.76. The first-order chi connectivity index (χ1) is 7.28. The van der Waals surface area contributed by atoms with Gasteiger partial charge in [-0.25, -0.2) is 0 Å². The largest absolute Gasteiger partial charge is 0.573 e. The zero-order chi connectivity index (χ0) is 12.3. The van der Waals surface area contributed by atoms with Crippen molar-refractivity contribution >= 4 is 36.2 Å². The van der Waals surface area contributed by atoms with Crippen molar-refractivity contribution in [1.29, 1.82) is 0 Å². The highest BCUT2D eigenvalue weighted by Gasteiger charge is 2.32. The molecule has 16 heavy (non-hydrogen) atoms. The molecular weight excluding hydrogens is 238 g/mol. The van der Waals surface area contributed by atoms with Crippen molar-refractivity contribution in [3.05, 3.63) is 18.2 Å². The lowest BCUT2D eigenvalue weighted by Crippen LogP contribution is -2.20. The van der Waals surface area contributed by atoms with Gasteiger partial charge in [0.2, 0.25) is 0 Å². The van der Waals surface area contributed by atoms with Crippen LogP contribution >= 0.6 is 12.2 Å². The molecule has 0 heterocycles. The monoisotopic (exact) mass is 245 g/mol. The van der Waals surface area contributed by atoms with Gasteiger partial charge in [0.05, 0.1) is 10.7 Å². The zero-order valence-electron chi connectivity index (χ0n) is 8.26. The standard InChI is InChI=1S/C9H7BF3NOS/c1-5(16)14-7-3-2-6(10)4-8(7)15-9(11,12)13/h2-4H,1H3,(H,14,16). The molecule has 1 N–H and O–H groups in total. The van der Waals surface area contributed by atoms with E-state index in [1.807, 2.05) is 0 Å². The number of rotatable bonds is 2. The quantitative estimate of drug-likeness (QED) is 0.637. The molecule has 0 aliphatic carbocycles. The lowest BCUT2D eigenvalue weighted by Gasteiger charge is -2.14. The molecule has 0 aromatic heterocycles. The maximum Gasteiger partial charge on any atom is 0.573 e. The van der Waals surface area contributed by atoms with Gasteiger partial charge in [0.1, 0.15) is 7.85 Å². The Morgan fingerprint density at radius 3 is 2.56 bits per heavy atom. The number of hydrogen-bond acceptors (Lipinski definition) is 2. The number of alkyl halides is 3. The van der Waals surface area contributed by atoms with E-state index in [0.29, 0.717) is 4.99 Å². The second-order valence-electron chi connectivity index (χ2n) is 2.98. The fourth-order valence-electron chi connectivity index (χ4n) is 1.04. The van der Waals surface area contributed by atoms with Crippen molar-refractivity contribution in [2.24, 2.45) is 0 Å². The lowest BCUT2D eigenvalue weighted by atomic mass is 9.96. The van der Waals surface area contributed by atoms with Crippen molar-refractivity contribution in [3.8, 4) is 5.75 Å². The van der Waals surface area contributed by atoms with Crippen LogP contribution in [0.25, 0.3) is 0 Å². The van der Waals surface area contributed by atoms with E-state index in [2.05, 4.69) is 10.1 Å². The van der Waals surface area contributed by atoms with Crippen LogP contribution in [0.2, 0.25) is 0 Å². The highest BCUT2D eigenvalue weighted by atomic mass is 32.1. The molecule has 1 aromatic carbocycles. The van der Waals surface area contributed by atoms with E-state index in [1.54, 1.807) is 6.92 Å². The van der Waals surface area contributed by atoms with E-state index < -0.39 is 12.1 Å². The van der Waals surface area contributed by atoms with Crippen molar-refractivity contribution in [2.45, 2.75) is 13.3 Å². The van der Waals surface area contributed by atoms with Crippen molar-refractivity contribution in [3.63, 3.8) is 0 Å². The first-order valence-corrected chi connectivity index (χ1v) is 4.61. The molecule has 1 rings (SSSR count). The Morgan fingerprint density at radius 2 is 2.06 bits per heavy atom. The van der Waals surface area contributed by atoms with E-state index >= 15 is 0 Å². The van der Waals surface area contributed by atoms with E-state index in [0.717, 1.165) is 6.07 Å². The smallest absolute Gasteiger partial charge is 0.404 e. The summed E-state index contributed by atoms with van der Waals surface area (Å²) in [5.41, 5.74) is 0.297. The van der Waals surface area contributed by atoms with Gasteiger partial charge < -0.3 is 10.1 Å². The minimum absolute atomic E-state index is 0.124. The van der Waals surface area contributed by atoms with Crippen LogP contribution in [-0.2, 0) is 0 Å². The van der Waals surface area contributed by atoms with Crippen LogP contribution in [0.1, 0.15) is 6.92 Å². The predicted octanol–water partition coefficient (Wildman–Crippen LogP) is 2.14. The fraction of sp³-hybridized carbons (Fsp3) is 0.222. The van der Waals surface area contributed by atoms with E-state index in [-0.39, 0.29) is 11.2 Å². The topological polar surface area (TPSA) is 21.3 Å². The Labute approximate surface area is 97.2 Å². The summed E-state index contributed by atoms with van der Waals surface area (Å²) >= 11 is 4.73. The van der Waals surface area contributed by atoms with Gasteiger partial charge in [-0.15, -0.1) is 13.2 Å². The van der Waals surface area contributed by atoms with Gasteiger partial charge in [-0.05, 0) is 19.1 Å². The van der Waals surface area contributed by atoms with Crippen LogP contribution in [-0.4, -0.2) is 19.2 Å².